The third-order valence-corrected chi connectivity index (χ3v) is 6.43. The van der Waals surface area contributed by atoms with Crippen molar-refractivity contribution in [1.82, 2.24) is 25.3 Å². The van der Waals surface area contributed by atoms with Crippen LogP contribution in [0.2, 0.25) is 0 Å². The lowest BCUT2D eigenvalue weighted by Crippen LogP contribution is -2.36. The molecule has 5 rings (SSSR count). The van der Waals surface area contributed by atoms with E-state index in [1.165, 1.54) is 0 Å². The number of amides is 1. The van der Waals surface area contributed by atoms with Crippen LogP contribution in [0.15, 0.2) is 67.1 Å². The lowest BCUT2D eigenvalue weighted by atomic mass is 10.1. The van der Waals surface area contributed by atoms with E-state index in [9.17, 15) is 18.0 Å². The van der Waals surface area contributed by atoms with Crippen molar-refractivity contribution in [3.05, 3.63) is 84.1 Å². The fourth-order valence-electron chi connectivity index (χ4n) is 4.21. The van der Waals surface area contributed by atoms with Crippen LogP contribution < -0.4 is 10.2 Å². The van der Waals surface area contributed by atoms with E-state index in [-0.39, 0.29) is 11.9 Å². The summed E-state index contributed by atoms with van der Waals surface area (Å²) in [6.07, 6.45) is 0.398. The smallest absolute Gasteiger partial charge is 0.475 e. The molecule has 1 atom stereocenters. The zero-order chi connectivity index (χ0) is 30.3. The molecule has 0 bridgehead atoms. The number of alkyl halides is 3. The number of benzene rings is 1. The maximum absolute atomic E-state index is 12.9. The van der Waals surface area contributed by atoms with E-state index in [0.29, 0.717) is 22.9 Å². The summed E-state index contributed by atoms with van der Waals surface area (Å²) in [6, 6.07) is 15.8. The number of imidazole rings is 1. The quantitative estimate of drug-likeness (QED) is 0.295. The highest BCUT2D eigenvalue weighted by atomic mass is 19.4. The zero-order valence-electron chi connectivity index (χ0n) is 22.9. The minimum absolute atomic E-state index is 0.129. The molecular formula is C29H29F3N6O4. The number of ether oxygens (including phenoxy) is 1. The van der Waals surface area contributed by atoms with Crippen LogP contribution in [-0.2, 0) is 9.53 Å². The second-order valence-corrected chi connectivity index (χ2v) is 9.43. The number of rotatable bonds is 6. The maximum atomic E-state index is 12.9. The van der Waals surface area contributed by atoms with Gasteiger partial charge in [-0.15, -0.1) is 0 Å². The average Bonchev–Trinajstić information content (AvgIpc) is 3.40. The van der Waals surface area contributed by atoms with Crippen LogP contribution >= 0.6 is 0 Å². The van der Waals surface area contributed by atoms with E-state index in [1.807, 2.05) is 68.7 Å². The number of hydrogen-bond acceptors (Lipinski definition) is 7. The van der Waals surface area contributed by atoms with Crippen LogP contribution in [0.1, 0.15) is 34.7 Å². The van der Waals surface area contributed by atoms with Crippen LogP contribution in [-0.4, -0.2) is 69.4 Å². The van der Waals surface area contributed by atoms with Crippen molar-refractivity contribution in [2.45, 2.75) is 26.1 Å². The summed E-state index contributed by atoms with van der Waals surface area (Å²) in [5.74, 6) is -2.42. The van der Waals surface area contributed by atoms with E-state index >= 15 is 0 Å². The third kappa shape index (κ3) is 7.69. The predicted octanol–water partition coefficient (Wildman–Crippen LogP) is 4.80. The Morgan fingerprint density at radius 2 is 1.76 bits per heavy atom. The van der Waals surface area contributed by atoms with Crippen molar-refractivity contribution in [3.63, 3.8) is 0 Å². The van der Waals surface area contributed by atoms with Gasteiger partial charge in [0.15, 0.2) is 5.82 Å². The predicted molar refractivity (Wildman–Crippen MR) is 149 cm³/mol. The number of hydrogen-bond donors (Lipinski definition) is 3. The number of aliphatic carboxylic acids is 1. The van der Waals surface area contributed by atoms with E-state index < -0.39 is 12.1 Å². The monoisotopic (exact) mass is 582 g/mol. The number of morpholine rings is 1. The molecule has 1 aromatic carbocycles. The SMILES string of the molecule is Cc1[nH]c(-c2cc(-c3cncc(N4CCOCC4)c3)ccn2)nc1C(=O)N[C@H](C)c1ccccc1.O=C(O)C(F)(F)F. The first-order valence-corrected chi connectivity index (χ1v) is 13.0. The molecule has 0 spiro atoms. The lowest BCUT2D eigenvalue weighted by molar-refractivity contribution is -0.192. The number of nitrogens with one attached hydrogen (secondary N) is 2. The Kier molecular flexibility index (Phi) is 9.53. The van der Waals surface area contributed by atoms with E-state index in [2.05, 4.69) is 36.2 Å². The summed E-state index contributed by atoms with van der Waals surface area (Å²) in [5, 5.41) is 10.2. The van der Waals surface area contributed by atoms with E-state index in [4.69, 9.17) is 14.6 Å². The number of halogens is 3. The summed E-state index contributed by atoms with van der Waals surface area (Å²) in [5.41, 5.74) is 5.82. The van der Waals surface area contributed by atoms with Crippen LogP contribution in [0, 0.1) is 6.92 Å². The van der Waals surface area contributed by atoms with Gasteiger partial charge < -0.3 is 25.0 Å². The molecule has 1 fully saturated rings. The second-order valence-electron chi connectivity index (χ2n) is 9.43. The van der Waals surface area contributed by atoms with Gasteiger partial charge in [0.05, 0.1) is 31.1 Å². The molecule has 0 unspecified atom stereocenters. The molecule has 1 aliphatic heterocycles. The lowest BCUT2D eigenvalue weighted by Gasteiger charge is -2.28. The molecule has 1 amide bonds. The molecule has 0 aliphatic carbocycles. The minimum Gasteiger partial charge on any atom is -0.475 e. The highest BCUT2D eigenvalue weighted by Crippen LogP contribution is 2.27. The fourth-order valence-corrected chi connectivity index (χ4v) is 4.21. The molecule has 4 aromatic rings. The number of anilines is 1. The minimum atomic E-state index is -5.08. The van der Waals surface area contributed by atoms with Gasteiger partial charge in [0, 0.05) is 36.7 Å². The largest absolute Gasteiger partial charge is 0.490 e. The Morgan fingerprint density at radius 1 is 1.07 bits per heavy atom. The first-order valence-electron chi connectivity index (χ1n) is 13.0. The van der Waals surface area contributed by atoms with Crippen LogP contribution in [0.3, 0.4) is 0 Å². The molecule has 220 valence electrons. The molecular weight excluding hydrogens is 553 g/mol. The van der Waals surface area contributed by atoms with E-state index in [1.54, 1.807) is 6.20 Å². The Labute approximate surface area is 239 Å². The Morgan fingerprint density at radius 3 is 2.43 bits per heavy atom. The number of nitrogens with zero attached hydrogens (tertiary/aromatic N) is 4. The van der Waals surface area contributed by atoms with Crippen molar-refractivity contribution < 1.29 is 32.6 Å². The summed E-state index contributed by atoms with van der Waals surface area (Å²) in [7, 11) is 0. The Balaban J connectivity index is 0.000000517. The van der Waals surface area contributed by atoms with Gasteiger partial charge in [0.1, 0.15) is 11.4 Å². The molecule has 1 saturated heterocycles. The number of aryl methyl sites for hydroxylation is 1. The number of carbonyl (C=O) groups is 2. The van der Waals surface area contributed by atoms with Crippen molar-refractivity contribution >= 4 is 17.6 Å². The van der Waals surface area contributed by atoms with Crippen molar-refractivity contribution in [3.8, 4) is 22.6 Å². The van der Waals surface area contributed by atoms with Gasteiger partial charge in [-0.2, -0.15) is 13.2 Å². The standard InChI is InChI=1S/C27H28N6O2.C2HF3O2/c1-18(20-6-4-3-5-7-20)31-27(34)25-19(2)30-26(32-25)24-15-21(8-9-29-24)22-14-23(17-28-16-22)33-10-12-35-13-11-33;3-2(4,5)1(6)7/h3-9,14-18H,10-13H2,1-2H3,(H,30,32)(H,31,34);(H,6,7)/t18-;/m1./s1. The summed E-state index contributed by atoms with van der Waals surface area (Å²) in [6.45, 7) is 6.96. The zero-order valence-corrected chi connectivity index (χ0v) is 22.9. The second kappa shape index (κ2) is 13.3. The summed E-state index contributed by atoms with van der Waals surface area (Å²) in [4.78, 5) is 40.9. The number of carboxylic acids is 1. The van der Waals surface area contributed by atoms with Crippen molar-refractivity contribution in [2.24, 2.45) is 0 Å². The number of H-pyrrole nitrogens is 1. The van der Waals surface area contributed by atoms with Crippen LogP contribution in [0.5, 0.6) is 0 Å². The molecule has 4 heterocycles. The van der Waals surface area contributed by atoms with Crippen molar-refractivity contribution in [2.75, 3.05) is 31.2 Å². The number of aromatic amines is 1. The third-order valence-electron chi connectivity index (χ3n) is 6.43. The van der Waals surface area contributed by atoms with Crippen LogP contribution in [0.25, 0.3) is 22.6 Å². The molecule has 1 aliphatic rings. The molecule has 3 N–H and O–H groups in total. The first kappa shape index (κ1) is 30.2. The number of carbonyl (C=O) groups excluding carboxylic acids is 1. The Hall–Kier alpha value is -4.78. The first-order chi connectivity index (χ1) is 20.0. The average molecular weight is 583 g/mol. The van der Waals surface area contributed by atoms with Gasteiger partial charge in [-0.25, -0.2) is 9.78 Å². The molecule has 0 saturated carbocycles. The number of carboxylic acid groups (broad SMARTS) is 1. The van der Waals surface area contributed by atoms with Gasteiger partial charge in [0.25, 0.3) is 5.91 Å². The maximum Gasteiger partial charge on any atom is 0.490 e. The van der Waals surface area contributed by atoms with Gasteiger partial charge in [-0.3, -0.25) is 14.8 Å². The number of aromatic nitrogens is 4. The molecule has 13 heteroatoms. The fraction of sp³-hybridized carbons (Fsp3) is 0.276. The van der Waals surface area contributed by atoms with Gasteiger partial charge in [-0.05, 0) is 43.2 Å². The molecule has 42 heavy (non-hydrogen) atoms. The highest BCUT2D eigenvalue weighted by molar-refractivity contribution is 5.94. The van der Waals surface area contributed by atoms with Crippen LogP contribution in [0.4, 0.5) is 18.9 Å². The summed E-state index contributed by atoms with van der Waals surface area (Å²) >= 11 is 0. The topological polar surface area (TPSA) is 133 Å². The van der Waals surface area contributed by atoms with Gasteiger partial charge >= 0.3 is 12.1 Å². The normalized spacial score (nSPS) is 14.0. The highest BCUT2D eigenvalue weighted by Gasteiger charge is 2.38. The molecule has 0 radical (unpaired) electrons. The Bertz CT molecular complexity index is 1520. The molecule has 3 aromatic heterocycles. The number of pyridine rings is 2. The van der Waals surface area contributed by atoms with Gasteiger partial charge in [-0.1, -0.05) is 30.3 Å². The van der Waals surface area contributed by atoms with Crippen molar-refractivity contribution in [1.29, 1.82) is 0 Å². The summed E-state index contributed by atoms with van der Waals surface area (Å²) < 4.78 is 37.2. The van der Waals surface area contributed by atoms with Gasteiger partial charge in [0.2, 0.25) is 0 Å². The van der Waals surface area contributed by atoms with E-state index in [0.717, 1.165) is 48.7 Å². The molecule has 10 nitrogen and oxygen atoms in total.